The first-order chi connectivity index (χ1) is 7.81. The molecule has 4 nitrogen and oxygen atoms in total. The van der Waals surface area contributed by atoms with Gasteiger partial charge in [0.05, 0.1) is 5.54 Å². The number of aromatic nitrogens is 2. The highest BCUT2D eigenvalue weighted by Crippen LogP contribution is 2.46. The van der Waals surface area contributed by atoms with Gasteiger partial charge in [0.2, 0.25) is 5.89 Å². The van der Waals surface area contributed by atoms with Crippen molar-refractivity contribution in [3.05, 3.63) is 11.7 Å². The Morgan fingerprint density at radius 2 is 2.06 bits per heavy atom. The first-order valence-corrected chi connectivity index (χ1v) is 6.44. The second kappa shape index (κ2) is 4.09. The Morgan fingerprint density at radius 1 is 1.35 bits per heavy atom. The molecule has 0 spiro atoms. The predicted octanol–water partition coefficient (Wildman–Crippen LogP) is 2.95. The van der Waals surface area contributed by atoms with Crippen molar-refractivity contribution in [3.63, 3.8) is 0 Å². The average molecular weight is 237 g/mol. The van der Waals surface area contributed by atoms with Crippen LogP contribution in [0.2, 0.25) is 0 Å². The first kappa shape index (κ1) is 12.6. The summed E-state index contributed by atoms with van der Waals surface area (Å²) in [5, 5.41) is 4.02. The van der Waals surface area contributed by atoms with E-state index >= 15 is 0 Å². The third kappa shape index (κ3) is 2.51. The van der Waals surface area contributed by atoms with Gasteiger partial charge in [0, 0.05) is 5.92 Å². The monoisotopic (exact) mass is 237 g/mol. The topological polar surface area (TPSA) is 64.9 Å². The Labute approximate surface area is 103 Å². The molecule has 1 aromatic rings. The van der Waals surface area contributed by atoms with Gasteiger partial charge in [-0.25, -0.2) is 0 Å². The first-order valence-electron chi connectivity index (χ1n) is 6.44. The molecule has 0 amide bonds. The van der Waals surface area contributed by atoms with Gasteiger partial charge >= 0.3 is 0 Å². The zero-order chi connectivity index (χ0) is 12.7. The molecule has 1 aromatic heterocycles. The van der Waals surface area contributed by atoms with Gasteiger partial charge in [0.15, 0.2) is 5.82 Å². The molecule has 0 radical (unpaired) electrons. The fraction of sp³-hybridized carbons (Fsp3) is 0.846. The van der Waals surface area contributed by atoms with Crippen molar-refractivity contribution in [2.75, 3.05) is 0 Å². The SMILES string of the molecule is CC(C)(N)c1noc(C2CCCCC2(C)C)n1. The van der Waals surface area contributed by atoms with E-state index in [2.05, 4.69) is 24.0 Å². The van der Waals surface area contributed by atoms with Crippen LogP contribution >= 0.6 is 0 Å². The molecule has 1 saturated carbocycles. The summed E-state index contributed by atoms with van der Waals surface area (Å²) < 4.78 is 5.43. The molecule has 0 bridgehead atoms. The van der Waals surface area contributed by atoms with E-state index in [0.717, 1.165) is 12.3 Å². The molecule has 1 aliphatic carbocycles. The van der Waals surface area contributed by atoms with E-state index in [4.69, 9.17) is 10.3 Å². The Bertz CT molecular complexity index is 390. The van der Waals surface area contributed by atoms with E-state index in [1.165, 1.54) is 19.3 Å². The van der Waals surface area contributed by atoms with Crippen molar-refractivity contribution < 1.29 is 4.52 Å². The number of nitrogens with zero attached hydrogens (tertiary/aromatic N) is 2. The summed E-state index contributed by atoms with van der Waals surface area (Å²) in [4.78, 5) is 4.50. The van der Waals surface area contributed by atoms with Crippen molar-refractivity contribution in [2.24, 2.45) is 11.1 Å². The summed E-state index contributed by atoms with van der Waals surface area (Å²) in [7, 11) is 0. The fourth-order valence-corrected chi connectivity index (χ4v) is 2.59. The normalized spacial score (nSPS) is 24.9. The van der Waals surface area contributed by atoms with Crippen molar-refractivity contribution in [2.45, 2.75) is 64.8 Å². The molecular formula is C13H23N3O. The molecule has 1 aliphatic rings. The molecule has 17 heavy (non-hydrogen) atoms. The van der Waals surface area contributed by atoms with Gasteiger partial charge in [-0.15, -0.1) is 0 Å². The van der Waals surface area contributed by atoms with E-state index < -0.39 is 5.54 Å². The van der Waals surface area contributed by atoms with Gasteiger partial charge in [-0.3, -0.25) is 0 Å². The lowest BCUT2D eigenvalue weighted by atomic mass is 9.69. The molecule has 0 aromatic carbocycles. The number of hydrogen-bond acceptors (Lipinski definition) is 4. The van der Waals surface area contributed by atoms with Gasteiger partial charge in [0.1, 0.15) is 0 Å². The third-order valence-electron chi connectivity index (χ3n) is 3.82. The smallest absolute Gasteiger partial charge is 0.230 e. The van der Waals surface area contributed by atoms with E-state index in [0.29, 0.717) is 11.7 Å². The Kier molecular flexibility index (Phi) is 3.02. The molecule has 1 atom stereocenters. The minimum Gasteiger partial charge on any atom is -0.339 e. The summed E-state index contributed by atoms with van der Waals surface area (Å²) in [6, 6.07) is 0. The van der Waals surface area contributed by atoms with Crippen LogP contribution in [0.1, 0.15) is 71.0 Å². The molecule has 2 N–H and O–H groups in total. The standard InChI is InChI=1S/C13H23N3O/c1-12(2)8-6-5-7-9(12)10-15-11(16-17-10)13(3,4)14/h9H,5-8,14H2,1-4H3. The maximum absolute atomic E-state index is 5.98. The summed E-state index contributed by atoms with van der Waals surface area (Å²) in [5.41, 5.74) is 5.71. The molecule has 2 rings (SSSR count). The van der Waals surface area contributed by atoms with Crippen LogP contribution in [0.25, 0.3) is 0 Å². The van der Waals surface area contributed by atoms with Gasteiger partial charge < -0.3 is 10.3 Å². The zero-order valence-electron chi connectivity index (χ0n) is 11.3. The van der Waals surface area contributed by atoms with E-state index in [9.17, 15) is 0 Å². The van der Waals surface area contributed by atoms with Crippen LogP contribution in [-0.2, 0) is 5.54 Å². The molecule has 0 aliphatic heterocycles. The summed E-state index contributed by atoms with van der Waals surface area (Å²) in [6.07, 6.45) is 4.91. The largest absolute Gasteiger partial charge is 0.339 e. The van der Waals surface area contributed by atoms with Gasteiger partial charge in [-0.05, 0) is 32.1 Å². The van der Waals surface area contributed by atoms with Crippen LogP contribution in [0, 0.1) is 5.41 Å². The highest BCUT2D eigenvalue weighted by molar-refractivity contribution is 5.06. The maximum atomic E-state index is 5.98. The van der Waals surface area contributed by atoms with Crippen molar-refractivity contribution in [1.29, 1.82) is 0 Å². The Morgan fingerprint density at radius 3 is 2.59 bits per heavy atom. The highest BCUT2D eigenvalue weighted by Gasteiger charge is 2.37. The van der Waals surface area contributed by atoms with Crippen molar-refractivity contribution in [1.82, 2.24) is 10.1 Å². The van der Waals surface area contributed by atoms with E-state index in [1.54, 1.807) is 0 Å². The van der Waals surface area contributed by atoms with Crippen LogP contribution in [0.3, 0.4) is 0 Å². The van der Waals surface area contributed by atoms with Gasteiger partial charge in [-0.2, -0.15) is 4.98 Å². The lowest BCUT2D eigenvalue weighted by molar-refractivity contribution is 0.164. The predicted molar refractivity (Wildman–Crippen MR) is 66.5 cm³/mol. The number of hydrogen-bond donors (Lipinski definition) is 1. The molecule has 1 heterocycles. The van der Waals surface area contributed by atoms with Crippen LogP contribution in [-0.4, -0.2) is 10.1 Å². The lowest BCUT2D eigenvalue weighted by Gasteiger charge is -2.36. The van der Waals surface area contributed by atoms with Crippen LogP contribution in [0.5, 0.6) is 0 Å². The summed E-state index contributed by atoms with van der Waals surface area (Å²) in [5.74, 6) is 1.75. The van der Waals surface area contributed by atoms with E-state index in [-0.39, 0.29) is 5.41 Å². The second-order valence-electron chi connectivity index (χ2n) is 6.46. The number of nitrogens with two attached hydrogens (primary N) is 1. The quantitative estimate of drug-likeness (QED) is 0.858. The minimum atomic E-state index is -0.527. The Hall–Kier alpha value is -0.900. The van der Waals surface area contributed by atoms with Crippen LogP contribution < -0.4 is 5.73 Å². The fourth-order valence-electron chi connectivity index (χ4n) is 2.59. The van der Waals surface area contributed by atoms with Gasteiger partial charge in [-0.1, -0.05) is 31.8 Å². The molecule has 1 fully saturated rings. The highest BCUT2D eigenvalue weighted by atomic mass is 16.5. The van der Waals surface area contributed by atoms with Gasteiger partial charge in [0.25, 0.3) is 0 Å². The molecule has 4 heteroatoms. The minimum absolute atomic E-state index is 0.251. The van der Waals surface area contributed by atoms with Crippen molar-refractivity contribution >= 4 is 0 Å². The van der Waals surface area contributed by atoms with Crippen molar-refractivity contribution in [3.8, 4) is 0 Å². The van der Waals surface area contributed by atoms with Crippen LogP contribution in [0.4, 0.5) is 0 Å². The summed E-state index contributed by atoms with van der Waals surface area (Å²) >= 11 is 0. The molecule has 1 unspecified atom stereocenters. The summed E-state index contributed by atoms with van der Waals surface area (Å²) in [6.45, 7) is 8.36. The molecule has 0 saturated heterocycles. The molecular weight excluding hydrogens is 214 g/mol. The average Bonchev–Trinajstić information content (AvgIpc) is 2.65. The molecule has 96 valence electrons. The van der Waals surface area contributed by atoms with Crippen LogP contribution in [0.15, 0.2) is 4.52 Å². The maximum Gasteiger partial charge on any atom is 0.230 e. The van der Waals surface area contributed by atoms with E-state index in [1.807, 2.05) is 13.8 Å². The third-order valence-corrected chi connectivity index (χ3v) is 3.82. The lowest BCUT2D eigenvalue weighted by Crippen LogP contribution is -2.30. The second-order valence-corrected chi connectivity index (χ2v) is 6.46. The zero-order valence-corrected chi connectivity index (χ0v) is 11.3. The Balaban J connectivity index is 2.25. The number of rotatable bonds is 2.